The van der Waals surface area contributed by atoms with Crippen LogP contribution in [-0.2, 0) is 17.2 Å². The third-order valence-corrected chi connectivity index (χ3v) is 4.11. The SMILES string of the molecule is Cc1cnc2c(c1)nc(CCl)n2CCC1CCCCO1. The van der Waals surface area contributed by atoms with Gasteiger partial charge in [0.1, 0.15) is 11.3 Å². The van der Waals surface area contributed by atoms with Crippen molar-refractivity contribution in [1.82, 2.24) is 14.5 Å². The number of hydrogen-bond acceptors (Lipinski definition) is 3. The minimum absolute atomic E-state index is 0.370. The summed E-state index contributed by atoms with van der Waals surface area (Å²) in [7, 11) is 0. The monoisotopic (exact) mass is 293 g/mol. The van der Waals surface area contributed by atoms with Crippen LogP contribution in [0.15, 0.2) is 12.3 Å². The molecular weight excluding hydrogens is 274 g/mol. The molecule has 5 heteroatoms. The molecule has 20 heavy (non-hydrogen) atoms. The van der Waals surface area contributed by atoms with Gasteiger partial charge in [0.15, 0.2) is 5.65 Å². The van der Waals surface area contributed by atoms with Crippen molar-refractivity contribution in [3.05, 3.63) is 23.7 Å². The number of pyridine rings is 1. The fourth-order valence-electron chi connectivity index (χ4n) is 2.80. The summed E-state index contributed by atoms with van der Waals surface area (Å²) in [6, 6.07) is 2.06. The lowest BCUT2D eigenvalue weighted by molar-refractivity contribution is 0.00887. The van der Waals surface area contributed by atoms with Gasteiger partial charge in [0, 0.05) is 19.3 Å². The third kappa shape index (κ3) is 2.81. The number of imidazole rings is 1. The second kappa shape index (κ2) is 6.10. The molecule has 1 atom stereocenters. The largest absolute Gasteiger partial charge is 0.378 e. The van der Waals surface area contributed by atoms with Crippen molar-refractivity contribution in [2.75, 3.05) is 6.61 Å². The molecular formula is C15H20ClN3O. The molecule has 0 N–H and O–H groups in total. The Hall–Kier alpha value is -1.13. The number of rotatable bonds is 4. The van der Waals surface area contributed by atoms with Crippen molar-refractivity contribution in [3.63, 3.8) is 0 Å². The van der Waals surface area contributed by atoms with Gasteiger partial charge in [-0.25, -0.2) is 9.97 Å². The van der Waals surface area contributed by atoms with Crippen LogP contribution in [-0.4, -0.2) is 27.2 Å². The number of aromatic nitrogens is 3. The number of aryl methyl sites for hydroxylation is 2. The van der Waals surface area contributed by atoms with Crippen molar-refractivity contribution >= 4 is 22.8 Å². The summed E-state index contributed by atoms with van der Waals surface area (Å²) in [4.78, 5) is 9.10. The Bertz CT molecular complexity index is 590. The van der Waals surface area contributed by atoms with Crippen LogP contribution < -0.4 is 0 Å². The van der Waals surface area contributed by atoms with Crippen molar-refractivity contribution < 1.29 is 4.74 Å². The molecule has 1 aliphatic heterocycles. The summed E-state index contributed by atoms with van der Waals surface area (Å²) < 4.78 is 7.93. The Morgan fingerprint density at radius 3 is 3.10 bits per heavy atom. The summed E-state index contributed by atoms with van der Waals surface area (Å²) >= 11 is 6.02. The van der Waals surface area contributed by atoms with Crippen LogP contribution in [0.2, 0.25) is 0 Å². The first-order chi connectivity index (χ1) is 9.78. The summed E-state index contributed by atoms with van der Waals surface area (Å²) in [5.41, 5.74) is 2.99. The summed E-state index contributed by atoms with van der Waals surface area (Å²) in [5.74, 6) is 1.32. The quantitative estimate of drug-likeness (QED) is 0.811. The van der Waals surface area contributed by atoms with Crippen LogP contribution >= 0.6 is 11.6 Å². The zero-order chi connectivity index (χ0) is 13.9. The zero-order valence-electron chi connectivity index (χ0n) is 11.8. The van der Waals surface area contributed by atoms with Crippen molar-refractivity contribution in [3.8, 4) is 0 Å². The van der Waals surface area contributed by atoms with Gasteiger partial charge < -0.3 is 9.30 Å². The number of halogens is 1. The highest BCUT2D eigenvalue weighted by molar-refractivity contribution is 6.16. The maximum absolute atomic E-state index is 6.02. The predicted octanol–water partition coefficient (Wildman–Crippen LogP) is 3.44. The average molecular weight is 294 g/mol. The number of alkyl halides is 1. The van der Waals surface area contributed by atoms with Crippen LogP contribution in [0.3, 0.4) is 0 Å². The molecule has 1 aliphatic rings. The molecule has 0 aliphatic carbocycles. The molecule has 1 unspecified atom stereocenters. The normalized spacial score (nSPS) is 19.6. The first-order valence-electron chi connectivity index (χ1n) is 7.27. The Kier molecular flexibility index (Phi) is 4.22. The molecule has 2 aromatic rings. The van der Waals surface area contributed by atoms with Crippen LogP contribution in [0.4, 0.5) is 0 Å². The van der Waals surface area contributed by atoms with Crippen LogP contribution in [0.1, 0.15) is 37.1 Å². The van der Waals surface area contributed by atoms with E-state index in [2.05, 4.69) is 20.6 Å². The average Bonchev–Trinajstić information content (AvgIpc) is 2.83. The Morgan fingerprint density at radius 1 is 1.45 bits per heavy atom. The van der Waals surface area contributed by atoms with Gasteiger partial charge in [-0.1, -0.05) is 0 Å². The molecule has 0 bridgehead atoms. The van der Waals surface area contributed by atoms with E-state index in [1.54, 1.807) is 0 Å². The van der Waals surface area contributed by atoms with E-state index in [0.717, 1.165) is 48.5 Å². The van der Waals surface area contributed by atoms with Gasteiger partial charge in [0.05, 0.1) is 12.0 Å². The number of fused-ring (bicyclic) bond motifs is 1. The standard InChI is InChI=1S/C15H20ClN3O/c1-11-8-13-15(17-10-11)19(14(9-16)18-13)6-5-12-4-2-3-7-20-12/h8,10,12H,2-7,9H2,1H3. The van der Waals surface area contributed by atoms with E-state index >= 15 is 0 Å². The first-order valence-corrected chi connectivity index (χ1v) is 7.80. The fourth-order valence-corrected chi connectivity index (χ4v) is 3.01. The lowest BCUT2D eigenvalue weighted by Gasteiger charge is -2.22. The molecule has 108 valence electrons. The molecule has 0 spiro atoms. The summed E-state index contributed by atoms with van der Waals surface area (Å²) in [5, 5.41) is 0. The van der Waals surface area contributed by atoms with Gasteiger partial charge in [-0.2, -0.15) is 0 Å². The number of nitrogens with zero attached hydrogens (tertiary/aromatic N) is 3. The Labute approximate surface area is 124 Å². The van der Waals surface area contributed by atoms with Crippen LogP contribution in [0.5, 0.6) is 0 Å². The highest BCUT2D eigenvalue weighted by atomic mass is 35.5. The smallest absolute Gasteiger partial charge is 0.160 e. The van der Waals surface area contributed by atoms with Crippen LogP contribution in [0.25, 0.3) is 11.2 Å². The lowest BCUT2D eigenvalue weighted by Crippen LogP contribution is -2.21. The summed E-state index contributed by atoms with van der Waals surface area (Å²) in [6.07, 6.45) is 6.89. The van der Waals surface area contributed by atoms with Gasteiger partial charge in [-0.15, -0.1) is 11.6 Å². The van der Waals surface area contributed by atoms with Gasteiger partial charge in [-0.3, -0.25) is 0 Å². The fraction of sp³-hybridized carbons (Fsp3) is 0.600. The second-order valence-electron chi connectivity index (χ2n) is 5.45. The Balaban J connectivity index is 1.81. The van der Waals surface area contributed by atoms with E-state index in [9.17, 15) is 0 Å². The van der Waals surface area contributed by atoms with Gasteiger partial charge in [-0.05, 0) is 44.2 Å². The van der Waals surface area contributed by atoms with E-state index in [1.165, 1.54) is 12.8 Å². The molecule has 1 fully saturated rings. The van der Waals surface area contributed by atoms with E-state index in [4.69, 9.17) is 16.3 Å². The van der Waals surface area contributed by atoms with Gasteiger partial charge in [0.2, 0.25) is 0 Å². The highest BCUT2D eigenvalue weighted by Crippen LogP contribution is 2.20. The molecule has 0 aromatic carbocycles. The highest BCUT2D eigenvalue weighted by Gasteiger charge is 2.16. The summed E-state index contributed by atoms with van der Waals surface area (Å²) in [6.45, 7) is 3.80. The zero-order valence-corrected chi connectivity index (χ0v) is 12.6. The molecule has 4 nitrogen and oxygen atoms in total. The van der Waals surface area contributed by atoms with E-state index < -0.39 is 0 Å². The predicted molar refractivity (Wildman–Crippen MR) is 80.0 cm³/mol. The maximum Gasteiger partial charge on any atom is 0.160 e. The van der Waals surface area contributed by atoms with Crippen molar-refractivity contribution in [2.45, 2.75) is 51.1 Å². The third-order valence-electron chi connectivity index (χ3n) is 3.87. The van der Waals surface area contributed by atoms with Crippen LogP contribution in [0, 0.1) is 6.92 Å². The second-order valence-corrected chi connectivity index (χ2v) is 5.71. The minimum atomic E-state index is 0.370. The lowest BCUT2D eigenvalue weighted by atomic mass is 10.1. The van der Waals surface area contributed by atoms with Crippen molar-refractivity contribution in [2.24, 2.45) is 0 Å². The van der Waals surface area contributed by atoms with Gasteiger partial charge in [0.25, 0.3) is 0 Å². The van der Waals surface area contributed by atoms with E-state index in [-0.39, 0.29) is 0 Å². The van der Waals surface area contributed by atoms with Crippen molar-refractivity contribution in [1.29, 1.82) is 0 Å². The van der Waals surface area contributed by atoms with Gasteiger partial charge >= 0.3 is 0 Å². The number of ether oxygens (including phenoxy) is 1. The maximum atomic E-state index is 6.02. The van der Waals surface area contributed by atoms with E-state index in [0.29, 0.717) is 12.0 Å². The molecule has 1 saturated heterocycles. The molecule has 0 radical (unpaired) electrons. The molecule has 0 amide bonds. The Morgan fingerprint density at radius 2 is 2.35 bits per heavy atom. The minimum Gasteiger partial charge on any atom is -0.378 e. The molecule has 3 rings (SSSR count). The molecule has 2 aromatic heterocycles. The topological polar surface area (TPSA) is 39.9 Å². The number of hydrogen-bond donors (Lipinski definition) is 0. The molecule has 3 heterocycles. The molecule has 0 saturated carbocycles. The van der Waals surface area contributed by atoms with E-state index in [1.807, 2.05) is 13.1 Å². The first kappa shape index (κ1) is 13.8.